The highest BCUT2D eigenvalue weighted by molar-refractivity contribution is 5.95. The highest BCUT2D eigenvalue weighted by Crippen LogP contribution is 2.33. The van der Waals surface area contributed by atoms with Crippen molar-refractivity contribution in [3.05, 3.63) is 71.8 Å². The quantitative estimate of drug-likeness (QED) is 0.752. The van der Waals surface area contributed by atoms with E-state index in [2.05, 4.69) is 10.3 Å². The van der Waals surface area contributed by atoms with Crippen LogP contribution in [0.5, 0.6) is 17.2 Å². The molecule has 0 spiro atoms. The number of nitrogens with zero attached hydrogens (tertiary/aromatic N) is 2. The van der Waals surface area contributed by atoms with Crippen molar-refractivity contribution in [1.82, 2.24) is 14.9 Å². The first-order chi connectivity index (χ1) is 13.2. The number of amides is 1. The minimum absolute atomic E-state index is 0.167. The van der Waals surface area contributed by atoms with Crippen molar-refractivity contribution < 1.29 is 19.0 Å². The number of imidazole rings is 1. The number of carbonyl (C=O) groups is 1. The van der Waals surface area contributed by atoms with Gasteiger partial charge in [0.1, 0.15) is 17.6 Å². The molecule has 7 heteroatoms. The van der Waals surface area contributed by atoms with Crippen molar-refractivity contribution in [3.8, 4) is 17.2 Å². The minimum atomic E-state index is -0.432. The maximum absolute atomic E-state index is 12.9. The predicted molar refractivity (Wildman–Crippen MR) is 98.1 cm³/mol. The summed E-state index contributed by atoms with van der Waals surface area (Å²) >= 11 is 0. The molecule has 0 bridgehead atoms. The number of benzene rings is 2. The van der Waals surface area contributed by atoms with E-state index < -0.39 is 6.04 Å². The van der Waals surface area contributed by atoms with Crippen LogP contribution in [0.4, 0.5) is 0 Å². The molecule has 1 aliphatic rings. The van der Waals surface area contributed by atoms with E-state index in [4.69, 9.17) is 14.2 Å². The van der Waals surface area contributed by atoms with Crippen LogP contribution in [0.3, 0.4) is 0 Å². The number of methoxy groups -OCH3 is 1. The van der Waals surface area contributed by atoms with Gasteiger partial charge in [0.15, 0.2) is 11.5 Å². The summed E-state index contributed by atoms with van der Waals surface area (Å²) in [4.78, 5) is 17.3. The fourth-order valence-corrected chi connectivity index (χ4v) is 3.03. The molecule has 0 saturated carbocycles. The third-order valence-corrected chi connectivity index (χ3v) is 4.45. The summed E-state index contributed by atoms with van der Waals surface area (Å²) in [7, 11) is 3.50. The summed E-state index contributed by atoms with van der Waals surface area (Å²) in [5, 5.41) is 3.06. The molecule has 27 heavy (non-hydrogen) atoms. The molecule has 1 aromatic heterocycles. The van der Waals surface area contributed by atoms with Crippen LogP contribution in [0.1, 0.15) is 27.8 Å². The van der Waals surface area contributed by atoms with Crippen molar-refractivity contribution in [2.75, 3.05) is 13.9 Å². The van der Waals surface area contributed by atoms with Crippen LogP contribution in [0, 0.1) is 0 Å². The van der Waals surface area contributed by atoms with E-state index in [1.165, 1.54) is 0 Å². The molecule has 0 saturated heterocycles. The van der Waals surface area contributed by atoms with Gasteiger partial charge in [-0.1, -0.05) is 12.1 Å². The average molecular weight is 365 g/mol. The second kappa shape index (κ2) is 7.03. The number of carbonyl (C=O) groups excluding carboxylic acids is 1. The molecule has 138 valence electrons. The van der Waals surface area contributed by atoms with Crippen LogP contribution < -0.4 is 19.5 Å². The Balaban J connectivity index is 1.67. The van der Waals surface area contributed by atoms with Gasteiger partial charge >= 0.3 is 0 Å². The summed E-state index contributed by atoms with van der Waals surface area (Å²) in [6, 6.07) is 12.3. The number of rotatable bonds is 5. The Morgan fingerprint density at radius 1 is 1.22 bits per heavy atom. The molecule has 3 aromatic rings. The normalized spacial score (nSPS) is 13.3. The number of hydrogen-bond acceptors (Lipinski definition) is 5. The summed E-state index contributed by atoms with van der Waals surface area (Å²) in [6.45, 7) is 0.167. The lowest BCUT2D eigenvalue weighted by atomic mass is 10.0. The molecular weight excluding hydrogens is 346 g/mol. The second-order valence-electron chi connectivity index (χ2n) is 6.15. The Kier molecular flexibility index (Phi) is 4.42. The van der Waals surface area contributed by atoms with E-state index in [1.54, 1.807) is 31.5 Å². The smallest absolute Gasteiger partial charge is 0.252 e. The largest absolute Gasteiger partial charge is 0.497 e. The Hall–Kier alpha value is -3.48. The number of fused-ring (bicyclic) bond motifs is 1. The lowest BCUT2D eigenvalue weighted by molar-refractivity contribution is 0.0940. The summed E-state index contributed by atoms with van der Waals surface area (Å²) in [6.07, 6.45) is 3.55. The fourth-order valence-electron chi connectivity index (χ4n) is 3.03. The van der Waals surface area contributed by atoms with Gasteiger partial charge in [-0.3, -0.25) is 4.79 Å². The van der Waals surface area contributed by atoms with Crippen LogP contribution in [-0.4, -0.2) is 29.4 Å². The average Bonchev–Trinajstić information content (AvgIpc) is 3.34. The van der Waals surface area contributed by atoms with E-state index >= 15 is 0 Å². The van der Waals surface area contributed by atoms with Gasteiger partial charge in [0.2, 0.25) is 6.79 Å². The first kappa shape index (κ1) is 17.0. The summed E-state index contributed by atoms with van der Waals surface area (Å²) in [5.41, 5.74) is 1.36. The molecular formula is C20H19N3O4. The monoisotopic (exact) mass is 365 g/mol. The van der Waals surface area contributed by atoms with Gasteiger partial charge in [0, 0.05) is 25.0 Å². The minimum Gasteiger partial charge on any atom is -0.497 e. The molecule has 2 aromatic carbocycles. The van der Waals surface area contributed by atoms with E-state index in [-0.39, 0.29) is 12.7 Å². The van der Waals surface area contributed by atoms with Gasteiger partial charge in [0.25, 0.3) is 5.91 Å². The standard InChI is InChI=1S/C20H19N3O4/c1-23-9-8-21-19(23)18(13-4-3-5-15(10-13)25-2)22-20(24)14-6-7-16-17(11-14)27-12-26-16/h3-11,18H,12H2,1-2H3,(H,22,24). The van der Waals surface area contributed by atoms with E-state index in [0.717, 1.165) is 11.4 Å². The van der Waals surface area contributed by atoms with Crippen molar-refractivity contribution in [2.45, 2.75) is 6.04 Å². The number of aryl methyl sites for hydroxylation is 1. The van der Waals surface area contributed by atoms with Crippen molar-refractivity contribution >= 4 is 5.91 Å². The third kappa shape index (κ3) is 3.31. The molecule has 1 N–H and O–H groups in total. The Morgan fingerprint density at radius 3 is 2.85 bits per heavy atom. The van der Waals surface area contributed by atoms with Gasteiger partial charge in [0.05, 0.1) is 7.11 Å². The lowest BCUT2D eigenvalue weighted by Gasteiger charge is -2.20. The van der Waals surface area contributed by atoms with E-state index in [0.29, 0.717) is 22.8 Å². The van der Waals surface area contributed by atoms with Crippen LogP contribution in [0.2, 0.25) is 0 Å². The SMILES string of the molecule is COc1cccc(C(NC(=O)c2ccc3c(c2)OCO3)c2nccn2C)c1. The van der Waals surface area contributed by atoms with Gasteiger partial charge in [-0.05, 0) is 35.9 Å². The van der Waals surface area contributed by atoms with Gasteiger partial charge in [-0.2, -0.15) is 0 Å². The molecule has 4 rings (SSSR count). The molecule has 0 radical (unpaired) electrons. The van der Waals surface area contributed by atoms with Crippen molar-refractivity contribution in [2.24, 2.45) is 7.05 Å². The molecule has 7 nitrogen and oxygen atoms in total. The van der Waals surface area contributed by atoms with Gasteiger partial charge in [-0.15, -0.1) is 0 Å². The molecule has 0 fully saturated rings. The third-order valence-electron chi connectivity index (χ3n) is 4.45. The highest BCUT2D eigenvalue weighted by atomic mass is 16.7. The van der Waals surface area contributed by atoms with Gasteiger partial charge < -0.3 is 24.1 Å². The Morgan fingerprint density at radius 2 is 2.07 bits per heavy atom. The molecule has 1 amide bonds. The molecule has 1 unspecified atom stereocenters. The zero-order valence-electron chi connectivity index (χ0n) is 15.0. The zero-order valence-corrected chi connectivity index (χ0v) is 15.0. The van der Waals surface area contributed by atoms with Crippen LogP contribution in [-0.2, 0) is 7.05 Å². The molecule has 2 heterocycles. The molecule has 0 aliphatic carbocycles. The van der Waals surface area contributed by atoms with Crippen LogP contribution in [0.25, 0.3) is 0 Å². The number of hydrogen-bond donors (Lipinski definition) is 1. The summed E-state index contributed by atoms with van der Waals surface area (Å²) in [5.74, 6) is 2.41. The first-order valence-electron chi connectivity index (χ1n) is 8.47. The lowest BCUT2D eigenvalue weighted by Crippen LogP contribution is -2.31. The maximum atomic E-state index is 12.9. The van der Waals surface area contributed by atoms with E-state index in [9.17, 15) is 4.79 Å². The number of aromatic nitrogens is 2. The van der Waals surface area contributed by atoms with Crippen molar-refractivity contribution in [1.29, 1.82) is 0 Å². The van der Waals surface area contributed by atoms with Crippen LogP contribution >= 0.6 is 0 Å². The molecule has 1 aliphatic heterocycles. The Bertz CT molecular complexity index is 983. The van der Waals surface area contributed by atoms with Crippen LogP contribution in [0.15, 0.2) is 54.9 Å². The summed E-state index contributed by atoms with van der Waals surface area (Å²) < 4.78 is 17.9. The van der Waals surface area contributed by atoms with Crippen molar-refractivity contribution in [3.63, 3.8) is 0 Å². The zero-order chi connectivity index (χ0) is 18.8. The topological polar surface area (TPSA) is 74.6 Å². The van der Waals surface area contributed by atoms with E-state index in [1.807, 2.05) is 42.1 Å². The Labute approximate surface area is 156 Å². The molecule has 1 atom stereocenters. The predicted octanol–water partition coefficient (Wildman–Crippen LogP) is 2.68. The highest BCUT2D eigenvalue weighted by Gasteiger charge is 2.23. The first-order valence-corrected chi connectivity index (χ1v) is 8.47. The fraction of sp³-hybridized carbons (Fsp3) is 0.200. The maximum Gasteiger partial charge on any atom is 0.252 e. The number of nitrogens with one attached hydrogen (secondary N) is 1. The van der Waals surface area contributed by atoms with Gasteiger partial charge in [-0.25, -0.2) is 4.98 Å². The second-order valence-corrected chi connectivity index (χ2v) is 6.15. The number of ether oxygens (including phenoxy) is 3.